The summed E-state index contributed by atoms with van der Waals surface area (Å²) in [5.41, 5.74) is 6.93. The summed E-state index contributed by atoms with van der Waals surface area (Å²) in [4.78, 5) is 17.8. The van der Waals surface area contributed by atoms with Crippen LogP contribution < -0.4 is 16.4 Å². The van der Waals surface area contributed by atoms with Gasteiger partial charge in [0.05, 0.1) is 18.2 Å². The minimum Gasteiger partial charge on any atom is -0.398 e. The average molecular weight is 436 g/mol. The molecule has 0 saturated carbocycles. The summed E-state index contributed by atoms with van der Waals surface area (Å²) in [5.74, 6) is -3.06. The molecule has 1 aromatic carbocycles. The molecule has 166 valence electrons. The van der Waals surface area contributed by atoms with Crippen molar-refractivity contribution < 1.29 is 23.1 Å². The molecular formula is C20H23F3N6O2. The Balaban J connectivity index is 1.62. The van der Waals surface area contributed by atoms with Gasteiger partial charge in [0.2, 0.25) is 0 Å². The normalized spacial score (nSPS) is 16.5. The van der Waals surface area contributed by atoms with Crippen LogP contribution in [0, 0.1) is 11.2 Å². The topological polar surface area (TPSA) is 127 Å². The number of amides is 2. The van der Waals surface area contributed by atoms with Crippen LogP contribution in [0.15, 0.2) is 36.5 Å². The van der Waals surface area contributed by atoms with Gasteiger partial charge in [0.15, 0.2) is 0 Å². The number of aliphatic hydroxyl groups is 1. The zero-order valence-electron chi connectivity index (χ0n) is 16.5. The van der Waals surface area contributed by atoms with Crippen LogP contribution in [-0.2, 0) is 0 Å². The zero-order chi connectivity index (χ0) is 22.6. The number of halogens is 3. The van der Waals surface area contributed by atoms with Crippen LogP contribution in [0.1, 0.15) is 30.0 Å². The van der Waals surface area contributed by atoms with E-state index < -0.39 is 30.4 Å². The molecule has 1 atom stereocenters. The molecular weight excluding hydrogens is 413 g/mol. The van der Waals surface area contributed by atoms with Crippen molar-refractivity contribution in [2.24, 2.45) is 0 Å². The van der Waals surface area contributed by atoms with Gasteiger partial charge < -0.3 is 21.1 Å². The molecule has 1 saturated heterocycles. The number of rotatable bonds is 5. The number of anilines is 2. The molecule has 2 aromatic rings. The second-order valence-corrected chi connectivity index (χ2v) is 7.23. The second kappa shape index (κ2) is 9.21. The number of hydrogen-bond acceptors (Lipinski definition) is 5. The number of aliphatic hydroxyl groups excluding tert-OH is 1. The van der Waals surface area contributed by atoms with Crippen molar-refractivity contribution in [1.29, 1.82) is 5.41 Å². The number of nitrogens with two attached hydrogens (primary N) is 1. The maximum absolute atomic E-state index is 13.3. The Hall–Kier alpha value is -3.34. The van der Waals surface area contributed by atoms with Gasteiger partial charge >= 0.3 is 6.03 Å². The van der Waals surface area contributed by atoms with E-state index in [1.807, 2.05) is 0 Å². The molecule has 0 spiro atoms. The molecule has 2 amide bonds. The highest BCUT2D eigenvalue weighted by molar-refractivity contribution is 6.01. The van der Waals surface area contributed by atoms with E-state index in [-0.39, 0.29) is 48.8 Å². The fourth-order valence-electron chi connectivity index (χ4n) is 3.21. The summed E-state index contributed by atoms with van der Waals surface area (Å²) in [6, 6.07) is 5.26. The Bertz CT molecular complexity index is 944. The Morgan fingerprint density at radius 1 is 1.29 bits per heavy atom. The highest BCUT2D eigenvalue weighted by Gasteiger charge is 2.35. The fraction of sp³-hybridized carbons (Fsp3) is 0.350. The third-order valence-electron chi connectivity index (χ3n) is 5.00. The van der Waals surface area contributed by atoms with Gasteiger partial charge in [-0.3, -0.25) is 10.7 Å². The van der Waals surface area contributed by atoms with Gasteiger partial charge in [-0.2, -0.15) is 0 Å². The largest absolute Gasteiger partial charge is 0.398 e. The zero-order valence-corrected chi connectivity index (χ0v) is 16.5. The number of amidine groups is 1. The Morgan fingerprint density at radius 3 is 2.52 bits per heavy atom. The van der Waals surface area contributed by atoms with Crippen LogP contribution in [0.5, 0.6) is 0 Å². The number of carbonyl (C=O) groups excluding carboxylic acids is 1. The SMILES string of the molecule is N=C(c1cnc(NC(=O)N[C@H](CO)c2ccc(F)cc2)cc1N)N1CCC(F)(F)CC1. The summed E-state index contributed by atoms with van der Waals surface area (Å²) in [6.45, 7) is -0.321. The van der Waals surface area contributed by atoms with Gasteiger partial charge in [0.1, 0.15) is 17.5 Å². The molecule has 0 bridgehead atoms. The van der Waals surface area contributed by atoms with E-state index in [4.69, 9.17) is 11.1 Å². The van der Waals surface area contributed by atoms with E-state index in [1.165, 1.54) is 41.4 Å². The number of benzene rings is 1. The van der Waals surface area contributed by atoms with Gasteiger partial charge in [-0.15, -0.1) is 0 Å². The number of pyridine rings is 1. The first-order valence-corrected chi connectivity index (χ1v) is 9.59. The van der Waals surface area contributed by atoms with Crippen LogP contribution in [-0.4, -0.2) is 52.5 Å². The maximum Gasteiger partial charge on any atom is 0.320 e. The van der Waals surface area contributed by atoms with E-state index in [1.54, 1.807) is 0 Å². The van der Waals surface area contributed by atoms with Gasteiger partial charge in [-0.25, -0.2) is 22.9 Å². The highest BCUT2D eigenvalue weighted by Crippen LogP contribution is 2.29. The van der Waals surface area contributed by atoms with Crippen molar-refractivity contribution in [3.63, 3.8) is 0 Å². The maximum atomic E-state index is 13.3. The van der Waals surface area contributed by atoms with Gasteiger partial charge in [-0.1, -0.05) is 12.1 Å². The number of urea groups is 1. The number of nitrogens with one attached hydrogen (secondary N) is 3. The third-order valence-corrected chi connectivity index (χ3v) is 5.00. The fourth-order valence-corrected chi connectivity index (χ4v) is 3.21. The molecule has 1 aromatic heterocycles. The first-order chi connectivity index (χ1) is 14.7. The quantitative estimate of drug-likeness (QED) is 0.364. The number of nitrogen functional groups attached to an aromatic ring is 1. The predicted octanol–water partition coefficient (Wildman–Crippen LogP) is 2.71. The number of hydrogen-bond donors (Lipinski definition) is 5. The van der Waals surface area contributed by atoms with E-state index in [9.17, 15) is 23.1 Å². The molecule has 1 aliphatic heterocycles. The monoisotopic (exact) mass is 436 g/mol. The number of piperidine rings is 1. The van der Waals surface area contributed by atoms with E-state index >= 15 is 0 Å². The molecule has 8 nitrogen and oxygen atoms in total. The van der Waals surface area contributed by atoms with Crippen LogP contribution in [0.25, 0.3) is 0 Å². The van der Waals surface area contributed by atoms with Crippen molar-refractivity contribution in [2.45, 2.75) is 24.8 Å². The Kier molecular flexibility index (Phi) is 6.64. The van der Waals surface area contributed by atoms with E-state index in [0.717, 1.165) is 0 Å². The van der Waals surface area contributed by atoms with E-state index in [0.29, 0.717) is 5.56 Å². The Labute approximate surface area is 176 Å². The summed E-state index contributed by atoms with van der Waals surface area (Å²) in [7, 11) is 0. The number of likely N-dealkylation sites (tertiary alicyclic amines) is 1. The van der Waals surface area contributed by atoms with Gasteiger partial charge in [0, 0.05) is 43.9 Å². The van der Waals surface area contributed by atoms with Gasteiger partial charge in [0.25, 0.3) is 5.92 Å². The molecule has 31 heavy (non-hydrogen) atoms. The first-order valence-electron chi connectivity index (χ1n) is 9.59. The number of nitrogens with zero attached hydrogens (tertiary/aromatic N) is 2. The summed E-state index contributed by atoms with van der Waals surface area (Å²) >= 11 is 0. The molecule has 2 heterocycles. The highest BCUT2D eigenvalue weighted by atomic mass is 19.3. The standard InChI is InChI=1S/C20H23F3N6O2/c21-13-3-1-12(2-4-13)16(11-30)27-19(31)28-17-9-15(24)14(10-26-17)18(25)29-7-5-20(22,23)6-8-29/h1-4,9-10,16,25,30H,5-8,11H2,(H4,24,26,27,28,31)/t16-/m1/s1. The van der Waals surface area contributed by atoms with Crippen molar-refractivity contribution in [3.8, 4) is 0 Å². The molecule has 0 aliphatic carbocycles. The summed E-state index contributed by atoms with van der Waals surface area (Å²) < 4.78 is 39.7. The summed E-state index contributed by atoms with van der Waals surface area (Å²) in [5, 5.41) is 22.8. The minimum atomic E-state index is -2.72. The molecule has 11 heteroatoms. The molecule has 3 rings (SSSR count). The average Bonchev–Trinajstić information content (AvgIpc) is 2.72. The molecule has 6 N–H and O–H groups in total. The van der Waals surface area contributed by atoms with Crippen LogP contribution >= 0.6 is 0 Å². The van der Waals surface area contributed by atoms with Crippen LogP contribution in [0.2, 0.25) is 0 Å². The smallest absolute Gasteiger partial charge is 0.320 e. The Morgan fingerprint density at radius 2 is 1.94 bits per heavy atom. The lowest BCUT2D eigenvalue weighted by atomic mass is 10.1. The molecule has 1 fully saturated rings. The van der Waals surface area contributed by atoms with Crippen molar-refractivity contribution >= 4 is 23.4 Å². The van der Waals surface area contributed by atoms with E-state index in [2.05, 4.69) is 15.6 Å². The van der Waals surface area contributed by atoms with Crippen molar-refractivity contribution in [1.82, 2.24) is 15.2 Å². The molecule has 1 aliphatic rings. The number of aromatic nitrogens is 1. The first kappa shape index (κ1) is 22.3. The predicted molar refractivity (Wildman–Crippen MR) is 110 cm³/mol. The summed E-state index contributed by atoms with van der Waals surface area (Å²) in [6.07, 6.45) is 0.634. The van der Waals surface area contributed by atoms with Crippen molar-refractivity contribution in [2.75, 3.05) is 30.7 Å². The molecule has 0 unspecified atom stereocenters. The lowest BCUT2D eigenvalue weighted by Crippen LogP contribution is -2.43. The minimum absolute atomic E-state index is 0.00634. The number of alkyl halides is 2. The third kappa shape index (κ3) is 5.63. The lowest BCUT2D eigenvalue weighted by Gasteiger charge is -2.33. The molecule has 0 radical (unpaired) electrons. The van der Waals surface area contributed by atoms with Crippen LogP contribution in [0.4, 0.5) is 29.5 Å². The van der Waals surface area contributed by atoms with Crippen molar-refractivity contribution in [3.05, 3.63) is 53.5 Å². The second-order valence-electron chi connectivity index (χ2n) is 7.23. The van der Waals surface area contributed by atoms with Crippen LogP contribution in [0.3, 0.4) is 0 Å². The van der Waals surface area contributed by atoms with Gasteiger partial charge in [-0.05, 0) is 17.7 Å². The number of carbonyl (C=O) groups is 1. The lowest BCUT2D eigenvalue weighted by molar-refractivity contribution is -0.0434.